The number of rotatable bonds is 1. The Morgan fingerprint density at radius 1 is 0.778 bits per heavy atom. The fourth-order valence-electron chi connectivity index (χ4n) is 1.30. The SMILES string of the molecule is Brc1cccc(-c2ccccc2)c1.CC(C)(C)Br. The maximum atomic E-state index is 3.46. The molecule has 0 aliphatic heterocycles. The van der Waals surface area contributed by atoms with Crippen molar-refractivity contribution in [3.8, 4) is 11.1 Å². The molecule has 2 heteroatoms. The van der Waals surface area contributed by atoms with Crippen LogP contribution in [0, 0.1) is 0 Å². The van der Waals surface area contributed by atoms with E-state index in [4.69, 9.17) is 0 Å². The Kier molecular flexibility index (Phi) is 6.10. The molecule has 0 fully saturated rings. The monoisotopic (exact) mass is 368 g/mol. The second-order valence-corrected chi connectivity index (χ2v) is 8.24. The molecule has 2 rings (SSSR count). The molecule has 0 aliphatic carbocycles. The molecule has 0 bridgehead atoms. The third-order valence-electron chi connectivity index (χ3n) is 1.93. The number of halogens is 2. The fourth-order valence-corrected chi connectivity index (χ4v) is 1.70. The van der Waals surface area contributed by atoms with E-state index in [9.17, 15) is 0 Å². The minimum Gasteiger partial charge on any atom is -0.0862 e. The summed E-state index contributed by atoms with van der Waals surface area (Å²) in [5.41, 5.74) is 2.50. The first-order valence-corrected chi connectivity index (χ1v) is 7.45. The quantitative estimate of drug-likeness (QED) is 0.517. The van der Waals surface area contributed by atoms with Gasteiger partial charge in [-0.15, -0.1) is 0 Å². The van der Waals surface area contributed by atoms with E-state index in [0.717, 1.165) is 4.47 Å². The number of alkyl halides is 1. The van der Waals surface area contributed by atoms with Gasteiger partial charge < -0.3 is 0 Å². The third-order valence-corrected chi connectivity index (χ3v) is 2.42. The molecule has 0 saturated carbocycles. The van der Waals surface area contributed by atoms with E-state index in [0.29, 0.717) is 4.32 Å². The lowest BCUT2D eigenvalue weighted by Crippen LogP contribution is -1.97. The maximum Gasteiger partial charge on any atom is 0.0181 e. The Morgan fingerprint density at radius 3 is 1.78 bits per heavy atom. The molecule has 96 valence electrons. The highest BCUT2D eigenvalue weighted by molar-refractivity contribution is 9.10. The van der Waals surface area contributed by atoms with Crippen LogP contribution in [0.15, 0.2) is 59.1 Å². The predicted octanol–water partition coefficient (Wildman–Crippen LogP) is 6.30. The average Bonchev–Trinajstić information content (AvgIpc) is 2.28. The smallest absolute Gasteiger partial charge is 0.0181 e. The highest BCUT2D eigenvalue weighted by Crippen LogP contribution is 2.22. The minimum atomic E-state index is 0.312. The summed E-state index contributed by atoms with van der Waals surface area (Å²) in [4.78, 5) is 0. The van der Waals surface area contributed by atoms with Crippen LogP contribution in [0.3, 0.4) is 0 Å². The van der Waals surface area contributed by atoms with Gasteiger partial charge in [-0.25, -0.2) is 0 Å². The Bertz CT molecular complexity index is 464. The van der Waals surface area contributed by atoms with Gasteiger partial charge in [-0.1, -0.05) is 95.1 Å². The van der Waals surface area contributed by atoms with Crippen molar-refractivity contribution < 1.29 is 0 Å². The Morgan fingerprint density at radius 2 is 1.28 bits per heavy atom. The third kappa shape index (κ3) is 6.97. The van der Waals surface area contributed by atoms with E-state index in [2.05, 4.69) is 89.0 Å². The zero-order valence-corrected chi connectivity index (χ0v) is 14.1. The van der Waals surface area contributed by atoms with Crippen LogP contribution in [-0.4, -0.2) is 4.32 Å². The lowest BCUT2D eigenvalue weighted by atomic mass is 10.1. The number of hydrogen-bond donors (Lipinski definition) is 0. The number of benzene rings is 2. The molecule has 0 nitrogen and oxygen atoms in total. The first-order valence-electron chi connectivity index (χ1n) is 5.86. The van der Waals surface area contributed by atoms with Crippen molar-refractivity contribution in [1.29, 1.82) is 0 Å². The number of hydrogen-bond acceptors (Lipinski definition) is 0. The predicted molar refractivity (Wildman–Crippen MR) is 88.3 cm³/mol. The summed E-state index contributed by atoms with van der Waals surface area (Å²) in [7, 11) is 0. The van der Waals surface area contributed by atoms with Crippen molar-refractivity contribution in [1.82, 2.24) is 0 Å². The van der Waals surface area contributed by atoms with Crippen LogP contribution in [0.1, 0.15) is 20.8 Å². The molecule has 0 aromatic heterocycles. The van der Waals surface area contributed by atoms with Crippen molar-refractivity contribution in [3.05, 3.63) is 59.1 Å². The molecule has 0 unspecified atom stereocenters. The summed E-state index contributed by atoms with van der Waals surface area (Å²) >= 11 is 6.83. The van der Waals surface area contributed by atoms with Crippen LogP contribution in [0.4, 0.5) is 0 Å². The normalized spacial score (nSPS) is 10.5. The second-order valence-electron chi connectivity index (χ2n) is 4.94. The Balaban J connectivity index is 0.000000280. The fraction of sp³-hybridized carbons (Fsp3) is 0.250. The van der Waals surface area contributed by atoms with Crippen molar-refractivity contribution in [2.75, 3.05) is 0 Å². The topological polar surface area (TPSA) is 0 Å². The van der Waals surface area contributed by atoms with Gasteiger partial charge in [0.25, 0.3) is 0 Å². The molecular weight excluding hydrogens is 352 g/mol. The minimum absolute atomic E-state index is 0.312. The van der Waals surface area contributed by atoms with Gasteiger partial charge in [0.2, 0.25) is 0 Å². The van der Waals surface area contributed by atoms with Gasteiger partial charge in [0.1, 0.15) is 0 Å². The van der Waals surface area contributed by atoms with Crippen molar-refractivity contribution in [3.63, 3.8) is 0 Å². The summed E-state index contributed by atoms with van der Waals surface area (Å²) in [6, 6.07) is 18.7. The highest BCUT2D eigenvalue weighted by Gasteiger charge is 1.98. The zero-order chi connectivity index (χ0) is 13.6. The van der Waals surface area contributed by atoms with Crippen LogP contribution >= 0.6 is 31.9 Å². The van der Waals surface area contributed by atoms with Gasteiger partial charge in [0.15, 0.2) is 0 Å². The molecular formula is C16H18Br2. The molecule has 18 heavy (non-hydrogen) atoms. The molecule has 0 saturated heterocycles. The van der Waals surface area contributed by atoms with Crippen molar-refractivity contribution in [2.45, 2.75) is 25.1 Å². The average molecular weight is 370 g/mol. The lowest BCUT2D eigenvalue weighted by Gasteiger charge is -2.02. The molecule has 0 radical (unpaired) electrons. The van der Waals surface area contributed by atoms with E-state index in [1.165, 1.54) is 11.1 Å². The zero-order valence-electron chi connectivity index (χ0n) is 11.0. The summed E-state index contributed by atoms with van der Waals surface area (Å²) in [6.07, 6.45) is 0. The Labute approximate surface area is 127 Å². The van der Waals surface area contributed by atoms with E-state index < -0.39 is 0 Å². The maximum absolute atomic E-state index is 3.46. The largest absolute Gasteiger partial charge is 0.0862 e. The van der Waals surface area contributed by atoms with Crippen molar-refractivity contribution >= 4 is 31.9 Å². The molecule has 0 N–H and O–H groups in total. The van der Waals surface area contributed by atoms with Crippen LogP contribution in [0.2, 0.25) is 0 Å². The molecule has 2 aromatic rings. The molecule has 0 amide bonds. The van der Waals surface area contributed by atoms with Gasteiger partial charge in [0, 0.05) is 8.80 Å². The summed E-state index contributed by atoms with van der Waals surface area (Å²) < 4.78 is 1.43. The highest BCUT2D eigenvalue weighted by atomic mass is 79.9. The molecule has 0 heterocycles. The molecule has 2 aromatic carbocycles. The summed E-state index contributed by atoms with van der Waals surface area (Å²) in [6.45, 7) is 6.31. The van der Waals surface area contributed by atoms with E-state index >= 15 is 0 Å². The van der Waals surface area contributed by atoms with E-state index in [1.54, 1.807) is 0 Å². The van der Waals surface area contributed by atoms with Crippen LogP contribution in [0.25, 0.3) is 11.1 Å². The van der Waals surface area contributed by atoms with Gasteiger partial charge in [0.05, 0.1) is 0 Å². The first-order chi connectivity index (χ1) is 8.36. The van der Waals surface area contributed by atoms with Gasteiger partial charge >= 0.3 is 0 Å². The van der Waals surface area contributed by atoms with Crippen LogP contribution < -0.4 is 0 Å². The van der Waals surface area contributed by atoms with Gasteiger partial charge in [-0.3, -0.25) is 0 Å². The first kappa shape index (κ1) is 15.5. The van der Waals surface area contributed by atoms with Crippen LogP contribution in [-0.2, 0) is 0 Å². The molecule has 0 spiro atoms. The van der Waals surface area contributed by atoms with Crippen LogP contribution in [0.5, 0.6) is 0 Å². The summed E-state index contributed by atoms with van der Waals surface area (Å²) in [5, 5.41) is 0. The Hall–Kier alpha value is -0.600. The second kappa shape index (κ2) is 7.10. The van der Waals surface area contributed by atoms with E-state index in [-0.39, 0.29) is 0 Å². The molecule has 0 aliphatic rings. The summed E-state index contributed by atoms with van der Waals surface area (Å²) in [5.74, 6) is 0. The van der Waals surface area contributed by atoms with Gasteiger partial charge in [-0.05, 0) is 23.3 Å². The lowest BCUT2D eigenvalue weighted by molar-refractivity contribution is 0.824. The van der Waals surface area contributed by atoms with E-state index in [1.807, 2.05) is 18.2 Å². The van der Waals surface area contributed by atoms with Crippen molar-refractivity contribution in [2.24, 2.45) is 0 Å². The molecule has 0 atom stereocenters. The standard InChI is InChI=1S/C12H9Br.C4H9Br/c13-12-8-4-7-11(9-12)10-5-2-1-3-6-10;1-4(2,3)5/h1-9H;1-3H3. The van der Waals surface area contributed by atoms with Gasteiger partial charge in [-0.2, -0.15) is 0 Å².